The third kappa shape index (κ3) is 3.43. The van der Waals surface area contributed by atoms with E-state index < -0.39 is 0 Å². The Labute approximate surface area is 131 Å². The molecule has 18 heavy (non-hydrogen) atoms. The van der Waals surface area contributed by atoms with Crippen LogP contribution in [-0.4, -0.2) is 16.3 Å². The first kappa shape index (κ1) is 13.8. The SMILES string of the molecule is Oc1c(Cl)cc(Br)cc1C=Nc1ccc(I)cn1. The molecule has 0 unspecified atom stereocenters. The quantitative estimate of drug-likeness (QED) is 0.553. The van der Waals surface area contributed by atoms with Crippen LogP contribution in [0.3, 0.4) is 0 Å². The van der Waals surface area contributed by atoms with Crippen LogP contribution >= 0.6 is 50.1 Å². The van der Waals surface area contributed by atoms with Gasteiger partial charge in [-0.3, -0.25) is 0 Å². The van der Waals surface area contributed by atoms with Gasteiger partial charge in [0.25, 0.3) is 0 Å². The van der Waals surface area contributed by atoms with Crippen LogP contribution < -0.4 is 0 Å². The highest BCUT2D eigenvalue weighted by Gasteiger charge is 2.05. The molecule has 0 amide bonds. The van der Waals surface area contributed by atoms with E-state index in [1.165, 1.54) is 6.21 Å². The largest absolute Gasteiger partial charge is 0.506 e. The van der Waals surface area contributed by atoms with E-state index >= 15 is 0 Å². The highest BCUT2D eigenvalue weighted by atomic mass is 127. The number of rotatable bonds is 2. The standard InChI is InChI=1S/C12H7BrClIN2O/c13-8-3-7(12(18)10(14)4-8)5-16-11-2-1-9(15)6-17-11/h1-6,18H. The first-order chi connectivity index (χ1) is 8.56. The van der Waals surface area contributed by atoms with Crippen LogP contribution in [0.5, 0.6) is 5.75 Å². The number of aliphatic imine (C=N–C) groups is 1. The third-order valence-electron chi connectivity index (χ3n) is 2.11. The lowest BCUT2D eigenvalue weighted by molar-refractivity contribution is 0.474. The van der Waals surface area contributed by atoms with Gasteiger partial charge in [0.2, 0.25) is 0 Å². The molecule has 1 heterocycles. The maximum Gasteiger partial charge on any atom is 0.151 e. The zero-order chi connectivity index (χ0) is 13.1. The number of phenols is 1. The van der Waals surface area contributed by atoms with Gasteiger partial charge in [-0.25, -0.2) is 9.98 Å². The molecule has 0 saturated heterocycles. The Morgan fingerprint density at radius 2 is 2.17 bits per heavy atom. The predicted molar refractivity (Wildman–Crippen MR) is 85.0 cm³/mol. The van der Waals surface area contributed by atoms with Gasteiger partial charge in [-0.05, 0) is 46.9 Å². The average molecular weight is 437 g/mol. The molecule has 92 valence electrons. The van der Waals surface area contributed by atoms with Crippen LogP contribution in [0.4, 0.5) is 5.82 Å². The van der Waals surface area contributed by atoms with Crippen molar-refractivity contribution in [1.29, 1.82) is 0 Å². The van der Waals surface area contributed by atoms with Gasteiger partial charge < -0.3 is 5.11 Å². The van der Waals surface area contributed by atoms with Crippen molar-refractivity contribution in [1.82, 2.24) is 4.98 Å². The maximum atomic E-state index is 9.78. The van der Waals surface area contributed by atoms with Gasteiger partial charge in [0, 0.05) is 26.0 Å². The molecular weight excluding hydrogens is 430 g/mol. The maximum absolute atomic E-state index is 9.78. The number of halogens is 3. The van der Waals surface area contributed by atoms with Gasteiger partial charge in [-0.15, -0.1) is 0 Å². The lowest BCUT2D eigenvalue weighted by Crippen LogP contribution is -1.85. The van der Waals surface area contributed by atoms with E-state index in [1.54, 1.807) is 24.4 Å². The first-order valence-corrected chi connectivity index (χ1v) is 7.15. The molecule has 0 aliphatic heterocycles. The van der Waals surface area contributed by atoms with Crippen molar-refractivity contribution in [2.24, 2.45) is 4.99 Å². The fraction of sp³-hybridized carbons (Fsp3) is 0. The number of aromatic nitrogens is 1. The molecule has 0 fully saturated rings. The summed E-state index contributed by atoms with van der Waals surface area (Å²) in [6, 6.07) is 7.07. The van der Waals surface area contributed by atoms with E-state index in [0.29, 0.717) is 11.4 Å². The van der Waals surface area contributed by atoms with Crippen molar-refractivity contribution in [3.05, 3.63) is 49.1 Å². The summed E-state index contributed by atoms with van der Waals surface area (Å²) in [5.74, 6) is 0.583. The Morgan fingerprint density at radius 3 is 2.83 bits per heavy atom. The monoisotopic (exact) mass is 436 g/mol. The van der Waals surface area contributed by atoms with Crippen LogP contribution in [0.2, 0.25) is 5.02 Å². The molecule has 0 radical (unpaired) electrons. The third-order valence-corrected chi connectivity index (χ3v) is 3.49. The number of benzene rings is 1. The fourth-order valence-electron chi connectivity index (χ4n) is 1.26. The topological polar surface area (TPSA) is 45.5 Å². The molecule has 3 nitrogen and oxygen atoms in total. The highest BCUT2D eigenvalue weighted by molar-refractivity contribution is 14.1. The molecule has 0 aliphatic rings. The van der Waals surface area contributed by atoms with Gasteiger partial charge in [0.15, 0.2) is 5.82 Å². The van der Waals surface area contributed by atoms with Crippen LogP contribution in [0.1, 0.15) is 5.56 Å². The molecule has 0 saturated carbocycles. The van der Waals surface area contributed by atoms with E-state index in [1.807, 2.05) is 6.07 Å². The highest BCUT2D eigenvalue weighted by Crippen LogP contribution is 2.30. The summed E-state index contributed by atoms with van der Waals surface area (Å²) in [5, 5.41) is 10.1. The van der Waals surface area contributed by atoms with Crippen molar-refractivity contribution in [2.75, 3.05) is 0 Å². The summed E-state index contributed by atoms with van der Waals surface area (Å²) in [6.45, 7) is 0. The van der Waals surface area contributed by atoms with E-state index in [-0.39, 0.29) is 10.8 Å². The van der Waals surface area contributed by atoms with Crippen LogP contribution in [0.15, 0.2) is 39.9 Å². The van der Waals surface area contributed by atoms with Gasteiger partial charge in [0.1, 0.15) is 5.75 Å². The van der Waals surface area contributed by atoms with Gasteiger partial charge in [0.05, 0.1) is 5.02 Å². The Bertz CT molecular complexity index is 602. The van der Waals surface area contributed by atoms with Crippen molar-refractivity contribution in [3.63, 3.8) is 0 Å². The summed E-state index contributed by atoms with van der Waals surface area (Å²) < 4.78 is 1.82. The average Bonchev–Trinajstić information content (AvgIpc) is 2.34. The summed E-state index contributed by atoms with van der Waals surface area (Å²) in [6.07, 6.45) is 3.25. The molecule has 0 aliphatic carbocycles. The molecule has 1 aromatic carbocycles. The molecule has 2 rings (SSSR count). The van der Waals surface area contributed by atoms with E-state index in [2.05, 4.69) is 48.5 Å². The Kier molecular flexibility index (Phi) is 4.58. The minimum absolute atomic E-state index is 0.00845. The number of phenolic OH excluding ortho intramolecular Hbond substituents is 1. The number of pyridine rings is 1. The Hall–Kier alpha value is -0.660. The lowest BCUT2D eigenvalue weighted by atomic mass is 10.2. The summed E-state index contributed by atoms with van der Waals surface area (Å²) in [4.78, 5) is 8.32. The predicted octanol–water partition coefficient (Wildman–Crippen LogP) is 4.56. The summed E-state index contributed by atoms with van der Waals surface area (Å²) >= 11 is 11.3. The van der Waals surface area contributed by atoms with Gasteiger partial charge in [-0.1, -0.05) is 27.5 Å². The summed E-state index contributed by atoms with van der Waals surface area (Å²) in [5.41, 5.74) is 0.537. The fourth-order valence-corrected chi connectivity index (χ4v) is 2.42. The molecule has 0 spiro atoms. The smallest absolute Gasteiger partial charge is 0.151 e. The van der Waals surface area contributed by atoms with Crippen molar-refractivity contribution < 1.29 is 5.11 Å². The molecule has 1 aromatic heterocycles. The molecule has 2 aromatic rings. The van der Waals surface area contributed by atoms with E-state index in [9.17, 15) is 5.11 Å². The molecule has 6 heteroatoms. The minimum atomic E-state index is 0.00845. The van der Waals surface area contributed by atoms with Crippen molar-refractivity contribution in [2.45, 2.75) is 0 Å². The molecule has 0 atom stereocenters. The summed E-state index contributed by atoms with van der Waals surface area (Å²) in [7, 11) is 0. The van der Waals surface area contributed by atoms with Gasteiger partial charge >= 0.3 is 0 Å². The number of hydrogen-bond donors (Lipinski definition) is 1. The lowest BCUT2D eigenvalue weighted by Gasteiger charge is -2.02. The zero-order valence-corrected chi connectivity index (χ0v) is 13.4. The second kappa shape index (κ2) is 5.99. The van der Waals surface area contributed by atoms with Crippen molar-refractivity contribution >= 4 is 62.2 Å². The molecule has 0 bridgehead atoms. The van der Waals surface area contributed by atoms with Gasteiger partial charge in [-0.2, -0.15) is 0 Å². The van der Waals surface area contributed by atoms with E-state index in [4.69, 9.17) is 11.6 Å². The zero-order valence-electron chi connectivity index (χ0n) is 8.94. The normalized spacial score (nSPS) is 11.1. The number of nitrogens with zero attached hydrogens (tertiary/aromatic N) is 2. The molecule has 1 N–H and O–H groups in total. The Balaban J connectivity index is 2.31. The number of hydrogen-bond acceptors (Lipinski definition) is 3. The molecular formula is C12H7BrClIN2O. The second-order valence-corrected chi connectivity index (χ2v) is 5.99. The van der Waals surface area contributed by atoms with Crippen LogP contribution in [0.25, 0.3) is 0 Å². The van der Waals surface area contributed by atoms with E-state index in [0.717, 1.165) is 8.04 Å². The number of aromatic hydroxyl groups is 1. The van der Waals surface area contributed by atoms with Crippen molar-refractivity contribution in [3.8, 4) is 5.75 Å². The van der Waals surface area contributed by atoms with Crippen LogP contribution in [0, 0.1) is 3.57 Å². The van der Waals surface area contributed by atoms with Crippen LogP contribution in [-0.2, 0) is 0 Å². The first-order valence-electron chi connectivity index (χ1n) is 4.90. The minimum Gasteiger partial charge on any atom is -0.506 e. The second-order valence-electron chi connectivity index (χ2n) is 3.42. The Morgan fingerprint density at radius 1 is 1.39 bits per heavy atom.